The Morgan fingerprint density at radius 3 is 2.60 bits per heavy atom. The van der Waals surface area contributed by atoms with Gasteiger partial charge in [0.05, 0.1) is 17.7 Å². The fourth-order valence-corrected chi connectivity index (χ4v) is 1.97. The van der Waals surface area contributed by atoms with Crippen LogP contribution in [-0.4, -0.2) is 30.3 Å². The second kappa shape index (κ2) is 8.44. The summed E-state index contributed by atoms with van der Waals surface area (Å²) in [6.45, 7) is 1.40. The fourth-order valence-electron chi connectivity index (χ4n) is 1.97. The van der Waals surface area contributed by atoms with Crippen LogP contribution in [0.4, 0.5) is 5.69 Å². The molecule has 25 heavy (non-hydrogen) atoms. The Kier molecular flexibility index (Phi) is 6.05. The third kappa shape index (κ3) is 5.03. The van der Waals surface area contributed by atoms with Crippen LogP contribution >= 0.6 is 0 Å². The number of non-ortho nitro benzene ring substituents is 1. The van der Waals surface area contributed by atoms with Gasteiger partial charge in [0, 0.05) is 17.7 Å². The van der Waals surface area contributed by atoms with Crippen molar-refractivity contribution in [2.75, 3.05) is 13.7 Å². The fraction of sp³-hybridized carbons (Fsp3) is 0.176. The highest BCUT2D eigenvalue weighted by Gasteiger charge is 2.09. The molecule has 0 aliphatic carbocycles. The Hall–Kier alpha value is -3.42. The molecule has 1 amide bonds. The number of hydrogen-bond acceptors (Lipinski definition) is 6. The van der Waals surface area contributed by atoms with Crippen molar-refractivity contribution in [3.05, 3.63) is 64.2 Å². The van der Waals surface area contributed by atoms with Gasteiger partial charge in [-0.2, -0.15) is 5.10 Å². The van der Waals surface area contributed by atoms with Gasteiger partial charge in [-0.15, -0.1) is 0 Å². The minimum Gasteiger partial charge on any atom is -0.493 e. The van der Waals surface area contributed by atoms with E-state index in [2.05, 4.69) is 10.5 Å². The van der Waals surface area contributed by atoms with E-state index in [9.17, 15) is 14.9 Å². The van der Waals surface area contributed by atoms with Crippen LogP contribution in [0.25, 0.3) is 0 Å². The van der Waals surface area contributed by atoms with Crippen LogP contribution in [0.15, 0.2) is 53.6 Å². The predicted octanol–water partition coefficient (Wildman–Crippen LogP) is 2.52. The maximum Gasteiger partial charge on any atom is 0.277 e. The summed E-state index contributed by atoms with van der Waals surface area (Å²) in [4.78, 5) is 22.1. The van der Waals surface area contributed by atoms with Gasteiger partial charge in [0.1, 0.15) is 0 Å². The molecule has 0 fully saturated rings. The van der Waals surface area contributed by atoms with Gasteiger partial charge in [-0.25, -0.2) is 5.43 Å². The number of nitro benzene ring substituents is 1. The van der Waals surface area contributed by atoms with E-state index in [1.807, 2.05) is 0 Å². The molecular formula is C17H17N3O5. The van der Waals surface area contributed by atoms with E-state index in [0.29, 0.717) is 22.8 Å². The first-order chi connectivity index (χ1) is 12.0. The lowest BCUT2D eigenvalue weighted by Crippen LogP contribution is -2.25. The molecule has 0 saturated heterocycles. The molecule has 0 radical (unpaired) electrons. The number of para-hydroxylation sites is 2. The zero-order valence-corrected chi connectivity index (χ0v) is 13.8. The normalized spacial score (nSPS) is 10.9. The van der Waals surface area contributed by atoms with Crippen LogP contribution in [0.1, 0.15) is 12.5 Å². The van der Waals surface area contributed by atoms with Crippen molar-refractivity contribution < 1.29 is 19.2 Å². The molecule has 8 heteroatoms. The number of benzene rings is 2. The lowest BCUT2D eigenvalue weighted by molar-refractivity contribution is -0.384. The first kappa shape index (κ1) is 17.9. The highest BCUT2D eigenvalue weighted by molar-refractivity contribution is 5.99. The Morgan fingerprint density at radius 1 is 1.20 bits per heavy atom. The van der Waals surface area contributed by atoms with Crippen molar-refractivity contribution in [1.29, 1.82) is 0 Å². The molecular weight excluding hydrogens is 326 g/mol. The monoisotopic (exact) mass is 343 g/mol. The number of nitrogens with zero attached hydrogens (tertiary/aromatic N) is 2. The first-order valence-corrected chi connectivity index (χ1v) is 7.35. The van der Waals surface area contributed by atoms with Crippen molar-refractivity contribution in [2.24, 2.45) is 5.10 Å². The summed E-state index contributed by atoms with van der Waals surface area (Å²) in [6, 6.07) is 13.0. The number of carbonyl (C=O) groups is 1. The molecule has 0 unspecified atom stereocenters. The molecule has 130 valence electrons. The summed E-state index contributed by atoms with van der Waals surface area (Å²) < 4.78 is 10.5. The molecule has 2 aromatic rings. The maximum atomic E-state index is 11.8. The number of hydrogen-bond donors (Lipinski definition) is 1. The van der Waals surface area contributed by atoms with Gasteiger partial charge in [0.25, 0.3) is 11.6 Å². The predicted molar refractivity (Wildman–Crippen MR) is 91.9 cm³/mol. The Morgan fingerprint density at radius 2 is 1.92 bits per heavy atom. The molecule has 0 bridgehead atoms. The molecule has 8 nitrogen and oxygen atoms in total. The summed E-state index contributed by atoms with van der Waals surface area (Å²) in [5.41, 5.74) is 3.29. The molecule has 0 aliphatic rings. The van der Waals surface area contributed by atoms with Crippen molar-refractivity contribution in [1.82, 2.24) is 5.43 Å². The number of hydrazone groups is 1. The van der Waals surface area contributed by atoms with E-state index < -0.39 is 10.8 Å². The van der Waals surface area contributed by atoms with Crippen LogP contribution in [0, 0.1) is 10.1 Å². The SMILES string of the molecule is COc1ccccc1OCC(=O)N/N=C(/C)c1cccc([N+](=O)[O-])c1. The number of amides is 1. The summed E-state index contributed by atoms with van der Waals surface area (Å²) >= 11 is 0. The second-order valence-electron chi connectivity index (χ2n) is 4.98. The quantitative estimate of drug-likeness (QED) is 0.473. The highest BCUT2D eigenvalue weighted by atomic mass is 16.6. The van der Waals surface area contributed by atoms with Gasteiger partial charge in [-0.05, 0) is 19.1 Å². The average Bonchev–Trinajstić information content (AvgIpc) is 2.64. The van der Waals surface area contributed by atoms with Crippen molar-refractivity contribution in [2.45, 2.75) is 6.92 Å². The topological polar surface area (TPSA) is 103 Å². The van der Waals surface area contributed by atoms with Gasteiger partial charge in [-0.1, -0.05) is 24.3 Å². The van der Waals surface area contributed by atoms with Gasteiger partial charge in [-0.3, -0.25) is 14.9 Å². The van der Waals surface area contributed by atoms with E-state index in [1.165, 1.54) is 19.2 Å². The van der Waals surface area contributed by atoms with E-state index >= 15 is 0 Å². The van der Waals surface area contributed by atoms with E-state index in [1.54, 1.807) is 43.3 Å². The van der Waals surface area contributed by atoms with Crippen LogP contribution in [0.3, 0.4) is 0 Å². The molecule has 0 heterocycles. The minimum absolute atomic E-state index is 0.0436. The van der Waals surface area contributed by atoms with Crippen molar-refractivity contribution in [3.63, 3.8) is 0 Å². The maximum absolute atomic E-state index is 11.8. The Labute approximate surface area is 144 Å². The summed E-state index contributed by atoms with van der Waals surface area (Å²) in [5, 5.41) is 14.7. The van der Waals surface area contributed by atoms with Crippen LogP contribution in [0.5, 0.6) is 11.5 Å². The largest absolute Gasteiger partial charge is 0.493 e. The molecule has 2 rings (SSSR count). The molecule has 0 aliphatic heterocycles. The smallest absolute Gasteiger partial charge is 0.277 e. The number of nitro groups is 1. The lowest BCUT2D eigenvalue weighted by Gasteiger charge is -2.09. The molecule has 0 aromatic heterocycles. The zero-order chi connectivity index (χ0) is 18.2. The third-order valence-corrected chi connectivity index (χ3v) is 3.25. The molecule has 0 atom stereocenters. The summed E-state index contributed by atoms with van der Waals surface area (Å²) in [7, 11) is 1.51. The first-order valence-electron chi connectivity index (χ1n) is 7.35. The number of rotatable bonds is 7. The molecule has 0 saturated carbocycles. The number of carbonyl (C=O) groups excluding carboxylic acids is 1. The van der Waals surface area contributed by atoms with Gasteiger partial charge in [0.15, 0.2) is 18.1 Å². The second-order valence-corrected chi connectivity index (χ2v) is 4.98. The Bertz CT molecular complexity index is 804. The molecule has 1 N–H and O–H groups in total. The highest BCUT2D eigenvalue weighted by Crippen LogP contribution is 2.25. The summed E-state index contributed by atoms with van der Waals surface area (Å²) in [6.07, 6.45) is 0. The third-order valence-electron chi connectivity index (χ3n) is 3.25. The average molecular weight is 343 g/mol. The van der Waals surface area contributed by atoms with E-state index in [4.69, 9.17) is 9.47 Å². The van der Waals surface area contributed by atoms with Crippen LogP contribution in [-0.2, 0) is 4.79 Å². The van der Waals surface area contributed by atoms with Crippen molar-refractivity contribution in [3.8, 4) is 11.5 Å². The standard InChI is InChI=1S/C17H17N3O5/c1-12(13-6-5-7-14(10-13)20(22)23)18-19-17(21)11-25-16-9-4-3-8-15(16)24-2/h3-10H,11H2,1-2H3,(H,19,21)/b18-12-. The van der Waals surface area contributed by atoms with E-state index in [0.717, 1.165) is 0 Å². The minimum atomic E-state index is -0.490. The Balaban J connectivity index is 1.95. The lowest BCUT2D eigenvalue weighted by atomic mass is 10.1. The van der Waals surface area contributed by atoms with Crippen LogP contribution in [0.2, 0.25) is 0 Å². The number of methoxy groups -OCH3 is 1. The number of nitrogens with one attached hydrogen (secondary N) is 1. The van der Waals surface area contributed by atoms with Crippen molar-refractivity contribution >= 4 is 17.3 Å². The van der Waals surface area contributed by atoms with Gasteiger partial charge < -0.3 is 9.47 Å². The summed E-state index contributed by atoms with van der Waals surface area (Å²) in [5.74, 6) is 0.502. The van der Waals surface area contributed by atoms with Gasteiger partial charge in [0.2, 0.25) is 0 Å². The van der Waals surface area contributed by atoms with E-state index in [-0.39, 0.29) is 12.3 Å². The zero-order valence-electron chi connectivity index (χ0n) is 13.8. The molecule has 0 spiro atoms. The van der Waals surface area contributed by atoms with Crippen LogP contribution < -0.4 is 14.9 Å². The van der Waals surface area contributed by atoms with Gasteiger partial charge >= 0.3 is 0 Å². The number of ether oxygens (including phenoxy) is 2. The molecule has 2 aromatic carbocycles.